The zero-order chi connectivity index (χ0) is 14.5. The number of rotatable bonds is 4. The third-order valence-electron chi connectivity index (χ3n) is 2.96. The molecule has 0 aliphatic heterocycles. The molecule has 0 unspecified atom stereocenters. The summed E-state index contributed by atoms with van der Waals surface area (Å²) >= 11 is 0. The summed E-state index contributed by atoms with van der Waals surface area (Å²) in [6.45, 7) is 2.58. The van der Waals surface area contributed by atoms with Gasteiger partial charge < -0.3 is 4.90 Å². The molecule has 0 N–H and O–H groups in total. The zero-order valence-corrected chi connectivity index (χ0v) is 11.9. The molecule has 1 aromatic heterocycles. The molecular weight excluding hydrogens is 250 g/mol. The Morgan fingerprint density at radius 3 is 2.40 bits per heavy atom. The van der Waals surface area contributed by atoms with Gasteiger partial charge in [-0.15, -0.1) is 0 Å². The van der Waals surface area contributed by atoms with Gasteiger partial charge >= 0.3 is 0 Å². The molecule has 0 bridgehead atoms. The molecule has 20 heavy (non-hydrogen) atoms. The van der Waals surface area contributed by atoms with Crippen LogP contribution in [0.25, 0.3) is 0 Å². The highest BCUT2D eigenvalue weighted by Gasteiger charge is 2.09. The highest BCUT2D eigenvalue weighted by atomic mass is 15.2. The molecule has 102 valence electrons. The lowest BCUT2D eigenvalue weighted by Gasteiger charge is -2.20. The largest absolute Gasteiger partial charge is 0.355 e. The van der Waals surface area contributed by atoms with E-state index in [-0.39, 0.29) is 0 Å². The van der Waals surface area contributed by atoms with Crippen LogP contribution in [-0.4, -0.2) is 24.1 Å². The molecule has 0 spiro atoms. The average molecular weight is 267 g/mol. The van der Waals surface area contributed by atoms with Gasteiger partial charge in [0.25, 0.3) is 0 Å². The Morgan fingerprint density at radius 1 is 1.10 bits per heavy atom. The fraction of sp³-hybridized carbons (Fsp3) is 0.267. The predicted octanol–water partition coefficient (Wildman–Crippen LogP) is 2.34. The van der Waals surface area contributed by atoms with E-state index >= 15 is 0 Å². The van der Waals surface area contributed by atoms with Crippen LogP contribution in [0.5, 0.6) is 0 Å². The third kappa shape index (κ3) is 3.23. The molecule has 0 atom stereocenters. The Morgan fingerprint density at radius 2 is 1.75 bits per heavy atom. The van der Waals surface area contributed by atoms with E-state index in [4.69, 9.17) is 5.26 Å². The smallest absolute Gasteiger partial charge is 0.185 e. The molecular formula is C15H17N5. The predicted molar refractivity (Wildman–Crippen MR) is 79.3 cm³/mol. The van der Waals surface area contributed by atoms with E-state index in [0.29, 0.717) is 11.6 Å². The Bertz CT molecular complexity index is 618. The Labute approximate surface area is 119 Å². The van der Waals surface area contributed by atoms with Crippen molar-refractivity contribution in [1.82, 2.24) is 9.97 Å². The summed E-state index contributed by atoms with van der Waals surface area (Å²) in [5.41, 5.74) is 1.21. The molecule has 2 aromatic rings. The number of hydrogen-bond donors (Lipinski definition) is 0. The van der Waals surface area contributed by atoms with Crippen LogP contribution in [0.15, 0.2) is 36.4 Å². The molecule has 0 radical (unpaired) electrons. The van der Waals surface area contributed by atoms with E-state index < -0.39 is 0 Å². The van der Waals surface area contributed by atoms with Crippen LogP contribution in [0.3, 0.4) is 0 Å². The molecule has 0 aliphatic carbocycles. The molecule has 0 saturated carbocycles. The van der Waals surface area contributed by atoms with Crippen molar-refractivity contribution < 1.29 is 0 Å². The number of nitriles is 1. The Balaban J connectivity index is 2.24. The van der Waals surface area contributed by atoms with Gasteiger partial charge in [0.05, 0.1) is 0 Å². The van der Waals surface area contributed by atoms with Crippen molar-refractivity contribution in [3.05, 3.63) is 47.8 Å². The monoisotopic (exact) mass is 267 g/mol. The number of nitrogens with zero attached hydrogens (tertiary/aromatic N) is 5. The lowest BCUT2D eigenvalue weighted by molar-refractivity contribution is 0.876. The fourth-order valence-corrected chi connectivity index (χ4v) is 1.89. The van der Waals surface area contributed by atoms with Crippen molar-refractivity contribution in [2.24, 2.45) is 0 Å². The van der Waals surface area contributed by atoms with Crippen LogP contribution in [0, 0.1) is 18.4 Å². The molecule has 2 rings (SSSR count). The van der Waals surface area contributed by atoms with Crippen molar-refractivity contribution in [3.63, 3.8) is 0 Å². The molecule has 0 saturated heterocycles. The highest BCUT2D eigenvalue weighted by molar-refractivity contribution is 5.52. The van der Waals surface area contributed by atoms with Crippen LogP contribution in [0.1, 0.15) is 11.4 Å². The van der Waals surface area contributed by atoms with Crippen molar-refractivity contribution in [2.45, 2.75) is 13.5 Å². The number of benzene rings is 1. The summed E-state index contributed by atoms with van der Waals surface area (Å²) in [5.74, 6) is 2.06. The molecule has 0 fully saturated rings. The van der Waals surface area contributed by atoms with E-state index in [2.05, 4.69) is 22.1 Å². The second-order valence-corrected chi connectivity index (χ2v) is 4.63. The molecule has 5 heteroatoms. The van der Waals surface area contributed by atoms with Gasteiger partial charge in [-0.1, -0.05) is 30.3 Å². The van der Waals surface area contributed by atoms with Gasteiger partial charge in [0, 0.05) is 26.7 Å². The quantitative estimate of drug-likeness (QED) is 0.628. The van der Waals surface area contributed by atoms with Crippen LogP contribution >= 0.6 is 0 Å². The number of aromatic nitrogens is 2. The Kier molecular flexibility index (Phi) is 4.16. The van der Waals surface area contributed by atoms with Gasteiger partial charge in [0.15, 0.2) is 6.19 Å². The summed E-state index contributed by atoms with van der Waals surface area (Å²) < 4.78 is 0. The maximum atomic E-state index is 8.95. The average Bonchev–Trinajstić information content (AvgIpc) is 2.46. The minimum absolute atomic E-state index is 0.606. The Hall–Kier alpha value is -2.61. The van der Waals surface area contributed by atoms with Crippen LogP contribution < -0.4 is 9.80 Å². The first-order valence-electron chi connectivity index (χ1n) is 6.34. The van der Waals surface area contributed by atoms with Crippen LogP contribution in [0.2, 0.25) is 0 Å². The van der Waals surface area contributed by atoms with Gasteiger partial charge in [0.2, 0.25) is 0 Å². The number of anilines is 2. The molecule has 1 heterocycles. The third-order valence-corrected chi connectivity index (χ3v) is 2.96. The second kappa shape index (κ2) is 6.02. The van der Waals surface area contributed by atoms with E-state index in [0.717, 1.165) is 12.4 Å². The summed E-state index contributed by atoms with van der Waals surface area (Å²) in [5, 5.41) is 8.95. The van der Waals surface area contributed by atoms with Crippen LogP contribution in [0.4, 0.5) is 11.6 Å². The number of aryl methyl sites for hydroxylation is 1. The SMILES string of the molecule is Cc1nc(N(C)C#N)cc(N(C)Cc2ccccc2)n1. The first-order chi connectivity index (χ1) is 9.60. The first-order valence-corrected chi connectivity index (χ1v) is 6.34. The van der Waals surface area contributed by atoms with Crippen LogP contribution in [-0.2, 0) is 6.54 Å². The molecule has 0 amide bonds. The first kappa shape index (κ1) is 13.8. The zero-order valence-electron chi connectivity index (χ0n) is 11.9. The van der Waals surface area contributed by atoms with Gasteiger partial charge in [-0.2, -0.15) is 5.26 Å². The topological polar surface area (TPSA) is 56.1 Å². The minimum atomic E-state index is 0.606. The minimum Gasteiger partial charge on any atom is -0.355 e. The van der Waals surface area contributed by atoms with E-state index in [1.807, 2.05) is 49.3 Å². The summed E-state index contributed by atoms with van der Waals surface area (Å²) in [6, 6.07) is 12.0. The normalized spacial score (nSPS) is 9.90. The van der Waals surface area contributed by atoms with E-state index in [1.165, 1.54) is 10.5 Å². The maximum Gasteiger partial charge on any atom is 0.185 e. The highest BCUT2D eigenvalue weighted by Crippen LogP contribution is 2.18. The van der Waals surface area contributed by atoms with Crippen molar-refractivity contribution in [1.29, 1.82) is 5.26 Å². The lowest BCUT2D eigenvalue weighted by atomic mass is 10.2. The molecule has 1 aromatic carbocycles. The van der Waals surface area contributed by atoms with Crippen molar-refractivity contribution in [3.8, 4) is 6.19 Å². The van der Waals surface area contributed by atoms with E-state index in [9.17, 15) is 0 Å². The van der Waals surface area contributed by atoms with Gasteiger partial charge in [0.1, 0.15) is 17.5 Å². The van der Waals surface area contributed by atoms with E-state index in [1.54, 1.807) is 7.05 Å². The van der Waals surface area contributed by atoms with Gasteiger partial charge in [-0.25, -0.2) is 9.97 Å². The molecule has 5 nitrogen and oxygen atoms in total. The van der Waals surface area contributed by atoms with Gasteiger partial charge in [-0.3, -0.25) is 4.90 Å². The standard InChI is InChI=1S/C15H17N5/c1-12-17-14(9-15(18-12)20(3)11-16)19(2)10-13-7-5-4-6-8-13/h4-9H,10H2,1-3H3. The number of hydrogen-bond acceptors (Lipinski definition) is 5. The van der Waals surface area contributed by atoms with Crippen molar-refractivity contribution >= 4 is 11.6 Å². The maximum absolute atomic E-state index is 8.95. The second-order valence-electron chi connectivity index (χ2n) is 4.63. The summed E-state index contributed by atoms with van der Waals surface area (Å²) in [6.07, 6.45) is 2.05. The van der Waals surface area contributed by atoms with Gasteiger partial charge in [-0.05, 0) is 12.5 Å². The summed E-state index contributed by atoms with van der Waals surface area (Å²) in [4.78, 5) is 12.2. The molecule has 0 aliphatic rings. The fourth-order valence-electron chi connectivity index (χ4n) is 1.89. The summed E-state index contributed by atoms with van der Waals surface area (Å²) in [7, 11) is 3.66. The van der Waals surface area contributed by atoms with Crippen molar-refractivity contribution in [2.75, 3.05) is 23.9 Å². The lowest BCUT2D eigenvalue weighted by Crippen LogP contribution is -2.20.